The zero-order valence-electron chi connectivity index (χ0n) is 10.6. The summed E-state index contributed by atoms with van der Waals surface area (Å²) in [6.07, 6.45) is 0.839. The molecular formula is C14H14ClNO4. The zero-order chi connectivity index (χ0) is 14.3. The Kier molecular flexibility index (Phi) is 3.40. The Bertz CT molecular complexity index is 545. The first-order valence-electron chi connectivity index (χ1n) is 6.51. The van der Waals surface area contributed by atoms with Crippen molar-refractivity contribution in [1.29, 1.82) is 0 Å². The molecule has 6 heteroatoms. The molecule has 0 spiro atoms. The summed E-state index contributed by atoms with van der Waals surface area (Å²) >= 11 is 5.78. The third-order valence-corrected chi connectivity index (χ3v) is 4.22. The fourth-order valence-corrected chi connectivity index (χ4v) is 3.21. The van der Waals surface area contributed by atoms with Crippen LogP contribution < -0.4 is 5.32 Å². The van der Waals surface area contributed by atoms with Gasteiger partial charge in [0.15, 0.2) is 0 Å². The number of halogens is 1. The summed E-state index contributed by atoms with van der Waals surface area (Å²) in [6, 6.07) is 6.71. The van der Waals surface area contributed by atoms with Crippen LogP contribution in [0.3, 0.4) is 0 Å². The van der Waals surface area contributed by atoms with Gasteiger partial charge in [-0.05, 0) is 37.1 Å². The summed E-state index contributed by atoms with van der Waals surface area (Å²) in [5.74, 6) is -2.64. The lowest BCUT2D eigenvalue weighted by molar-refractivity contribution is -0.147. The smallest absolute Gasteiger partial charge is 0.310 e. The maximum absolute atomic E-state index is 12.3. The van der Waals surface area contributed by atoms with Gasteiger partial charge in [-0.25, -0.2) is 0 Å². The van der Waals surface area contributed by atoms with Crippen LogP contribution in [0, 0.1) is 11.8 Å². The van der Waals surface area contributed by atoms with Gasteiger partial charge < -0.3 is 15.2 Å². The van der Waals surface area contributed by atoms with Gasteiger partial charge in [0.2, 0.25) is 5.91 Å². The van der Waals surface area contributed by atoms with Gasteiger partial charge in [0.1, 0.15) is 0 Å². The lowest BCUT2D eigenvalue weighted by atomic mass is 9.78. The highest BCUT2D eigenvalue weighted by Crippen LogP contribution is 2.44. The van der Waals surface area contributed by atoms with Gasteiger partial charge in [-0.1, -0.05) is 11.6 Å². The first-order valence-corrected chi connectivity index (χ1v) is 6.89. The number of carboxylic acids is 1. The van der Waals surface area contributed by atoms with E-state index in [0.29, 0.717) is 17.1 Å². The van der Waals surface area contributed by atoms with E-state index in [-0.39, 0.29) is 18.1 Å². The monoisotopic (exact) mass is 295 g/mol. The van der Waals surface area contributed by atoms with Gasteiger partial charge in [0.05, 0.1) is 24.0 Å². The quantitative estimate of drug-likeness (QED) is 0.896. The number of fused-ring (bicyclic) bond motifs is 2. The zero-order valence-corrected chi connectivity index (χ0v) is 11.3. The lowest BCUT2D eigenvalue weighted by Crippen LogP contribution is -2.40. The average Bonchev–Trinajstić information content (AvgIpc) is 3.01. The Hall–Kier alpha value is -1.59. The third kappa shape index (κ3) is 2.27. The van der Waals surface area contributed by atoms with E-state index in [1.165, 1.54) is 0 Å². The van der Waals surface area contributed by atoms with Gasteiger partial charge in [-0.15, -0.1) is 0 Å². The summed E-state index contributed by atoms with van der Waals surface area (Å²) in [7, 11) is 0. The van der Waals surface area contributed by atoms with Gasteiger partial charge >= 0.3 is 5.97 Å². The molecule has 2 aliphatic rings. The van der Waals surface area contributed by atoms with Gasteiger partial charge in [0, 0.05) is 10.7 Å². The molecule has 106 valence electrons. The number of carboxylic acid groups (broad SMARTS) is 1. The summed E-state index contributed by atoms with van der Waals surface area (Å²) in [5, 5.41) is 12.6. The molecule has 1 aromatic carbocycles. The van der Waals surface area contributed by atoms with Crippen molar-refractivity contribution in [3.05, 3.63) is 29.3 Å². The number of benzene rings is 1. The Morgan fingerprint density at radius 3 is 2.35 bits per heavy atom. The van der Waals surface area contributed by atoms with Crippen LogP contribution in [0.1, 0.15) is 12.8 Å². The minimum atomic E-state index is -0.964. The van der Waals surface area contributed by atoms with Crippen molar-refractivity contribution < 1.29 is 19.4 Å². The lowest BCUT2D eigenvalue weighted by Gasteiger charge is -2.23. The molecule has 0 aromatic heterocycles. The predicted octanol–water partition coefficient (Wildman–Crippen LogP) is 2.16. The Morgan fingerprint density at radius 2 is 1.75 bits per heavy atom. The van der Waals surface area contributed by atoms with Crippen LogP contribution in [0.2, 0.25) is 5.02 Å². The van der Waals surface area contributed by atoms with Crippen molar-refractivity contribution in [1.82, 2.24) is 0 Å². The molecule has 0 saturated carbocycles. The highest BCUT2D eigenvalue weighted by atomic mass is 35.5. The number of anilines is 1. The van der Waals surface area contributed by atoms with Crippen LogP contribution in [0.25, 0.3) is 0 Å². The largest absolute Gasteiger partial charge is 0.481 e. The van der Waals surface area contributed by atoms with Gasteiger partial charge in [-0.3, -0.25) is 9.59 Å². The molecule has 1 amide bonds. The van der Waals surface area contributed by atoms with E-state index in [2.05, 4.69) is 5.32 Å². The second-order valence-corrected chi connectivity index (χ2v) is 5.61. The highest BCUT2D eigenvalue weighted by molar-refractivity contribution is 6.30. The number of ether oxygens (including phenoxy) is 1. The normalized spacial score (nSPS) is 31.2. The number of nitrogens with one attached hydrogen (secondary N) is 1. The van der Waals surface area contributed by atoms with Crippen molar-refractivity contribution in [3.8, 4) is 0 Å². The Labute approximate surface area is 120 Å². The molecule has 2 fully saturated rings. The molecular weight excluding hydrogens is 282 g/mol. The molecule has 2 N–H and O–H groups in total. The SMILES string of the molecule is O=C(O)[C@@H]1[C@@H](C(=O)Nc2ccc(Cl)cc2)[C@@H]2CC[C@@H]1O2. The van der Waals surface area contributed by atoms with E-state index in [4.69, 9.17) is 16.3 Å². The molecule has 3 rings (SSSR count). The van der Waals surface area contributed by atoms with E-state index in [1.54, 1.807) is 24.3 Å². The summed E-state index contributed by atoms with van der Waals surface area (Å²) < 4.78 is 5.57. The van der Waals surface area contributed by atoms with Crippen molar-refractivity contribution in [2.24, 2.45) is 11.8 Å². The van der Waals surface area contributed by atoms with Crippen LogP contribution in [0.4, 0.5) is 5.69 Å². The molecule has 1 aromatic rings. The number of aliphatic carboxylic acids is 1. The number of amides is 1. The van der Waals surface area contributed by atoms with Crippen LogP contribution in [-0.4, -0.2) is 29.2 Å². The number of rotatable bonds is 3. The first-order chi connectivity index (χ1) is 9.56. The second kappa shape index (κ2) is 5.07. The van der Waals surface area contributed by atoms with Gasteiger partial charge in [0.25, 0.3) is 0 Å². The maximum Gasteiger partial charge on any atom is 0.310 e. The van der Waals surface area contributed by atoms with Crippen LogP contribution in [-0.2, 0) is 14.3 Å². The minimum Gasteiger partial charge on any atom is -0.481 e. The Balaban J connectivity index is 1.76. The third-order valence-electron chi connectivity index (χ3n) is 3.97. The fourth-order valence-electron chi connectivity index (χ4n) is 3.08. The molecule has 4 atom stereocenters. The standard InChI is InChI=1S/C14H14ClNO4/c15-7-1-3-8(4-2-7)16-13(17)11-9-5-6-10(20-9)12(11)14(18)19/h1-4,9-12H,5-6H2,(H,16,17)(H,18,19)/t9-,10-,11-,12-/m0/s1. The molecule has 2 bridgehead atoms. The molecule has 5 nitrogen and oxygen atoms in total. The topological polar surface area (TPSA) is 75.6 Å². The average molecular weight is 296 g/mol. The molecule has 2 aliphatic heterocycles. The van der Waals surface area contributed by atoms with Crippen LogP contribution >= 0.6 is 11.6 Å². The summed E-state index contributed by atoms with van der Waals surface area (Å²) in [5.41, 5.74) is 0.603. The van der Waals surface area contributed by atoms with Crippen LogP contribution in [0.15, 0.2) is 24.3 Å². The van der Waals surface area contributed by atoms with E-state index in [1.807, 2.05) is 0 Å². The van der Waals surface area contributed by atoms with E-state index in [9.17, 15) is 14.7 Å². The molecule has 0 radical (unpaired) electrons. The molecule has 0 unspecified atom stereocenters. The summed E-state index contributed by atoms with van der Waals surface area (Å²) in [4.78, 5) is 23.6. The molecule has 2 saturated heterocycles. The number of carbonyl (C=O) groups is 2. The maximum atomic E-state index is 12.3. The number of hydrogen-bond donors (Lipinski definition) is 2. The van der Waals surface area contributed by atoms with Crippen molar-refractivity contribution in [3.63, 3.8) is 0 Å². The number of hydrogen-bond acceptors (Lipinski definition) is 3. The van der Waals surface area contributed by atoms with Crippen molar-refractivity contribution >= 4 is 29.2 Å². The van der Waals surface area contributed by atoms with E-state index >= 15 is 0 Å². The van der Waals surface area contributed by atoms with Crippen molar-refractivity contribution in [2.45, 2.75) is 25.0 Å². The fraction of sp³-hybridized carbons (Fsp3) is 0.429. The predicted molar refractivity (Wildman–Crippen MR) is 72.6 cm³/mol. The minimum absolute atomic E-state index is 0.284. The number of carbonyl (C=O) groups excluding carboxylic acids is 1. The van der Waals surface area contributed by atoms with E-state index in [0.717, 1.165) is 6.42 Å². The van der Waals surface area contributed by atoms with Crippen LogP contribution in [0.5, 0.6) is 0 Å². The summed E-state index contributed by atoms with van der Waals surface area (Å²) in [6.45, 7) is 0. The first kappa shape index (κ1) is 13.4. The molecule has 20 heavy (non-hydrogen) atoms. The second-order valence-electron chi connectivity index (χ2n) is 5.18. The highest BCUT2D eigenvalue weighted by Gasteiger charge is 2.55. The Morgan fingerprint density at radius 1 is 1.15 bits per heavy atom. The van der Waals surface area contributed by atoms with Gasteiger partial charge in [-0.2, -0.15) is 0 Å². The van der Waals surface area contributed by atoms with Crippen molar-refractivity contribution in [2.75, 3.05) is 5.32 Å². The molecule has 0 aliphatic carbocycles. The molecule has 2 heterocycles. The van der Waals surface area contributed by atoms with E-state index < -0.39 is 17.8 Å².